The summed E-state index contributed by atoms with van der Waals surface area (Å²) in [5, 5.41) is 16.1. The van der Waals surface area contributed by atoms with E-state index < -0.39 is 5.91 Å². The van der Waals surface area contributed by atoms with E-state index in [0.717, 1.165) is 11.1 Å². The lowest BCUT2D eigenvalue weighted by Crippen LogP contribution is -2.38. The van der Waals surface area contributed by atoms with Crippen molar-refractivity contribution < 1.29 is 14.3 Å². The van der Waals surface area contributed by atoms with Crippen LogP contribution in [-0.2, 0) is 0 Å². The fraction of sp³-hybridized carbons (Fsp3) is 0.0833. The summed E-state index contributed by atoms with van der Waals surface area (Å²) in [4.78, 5) is 12.9. The maximum atomic E-state index is 12.9. The molecule has 8 nitrogen and oxygen atoms in total. The summed E-state index contributed by atoms with van der Waals surface area (Å²) in [5.74, 6) is 0.363. The first kappa shape index (κ1) is 24.8. The Morgan fingerprint density at radius 1 is 0.853 bits per heavy atom. The number of guanidine groups is 1. The van der Waals surface area contributed by atoms with Crippen LogP contribution in [0, 0.1) is 0 Å². The van der Waals surface area contributed by atoms with Gasteiger partial charge in [-0.05, 0) is 53.6 Å². The molecular formula is C24H21Cl2N5O3. The van der Waals surface area contributed by atoms with E-state index in [9.17, 15) is 4.79 Å². The molecule has 174 valence electrons. The van der Waals surface area contributed by atoms with Crippen LogP contribution in [0.3, 0.4) is 0 Å². The lowest BCUT2D eigenvalue weighted by atomic mass is 10.1. The van der Waals surface area contributed by atoms with Crippen LogP contribution in [0.4, 0.5) is 0 Å². The van der Waals surface area contributed by atoms with Gasteiger partial charge in [-0.2, -0.15) is 10.2 Å². The fourth-order valence-corrected chi connectivity index (χ4v) is 2.91. The highest BCUT2D eigenvalue weighted by Gasteiger charge is 2.15. The van der Waals surface area contributed by atoms with Crippen LogP contribution in [0.2, 0.25) is 10.0 Å². The molecule has 0 radical (unpaired) electrons. The van der Waals surface area contributed by atoms with Crippen LogP contribution in [0.1, 0.15) is 21.5 Å². The molecule has 3 aromatic rings. The molecule has 1 amide bonds. The molecule has 3 aromatic carbocycles. The lowest BCUT2D eigenvalue weighted by molar-refractivity contribution is 0.0972. The molecule has 2 N–H and O–H groups in total. The molecule has 0 aliphatic carbocycles. The van der Waals surface area contributed by atoms with Crippen molar-refractivity contribution in [3.8, 4) is 11.5 Å². The van der Waals surface area contributed by atoms with E-state index in [2.05, 4.69) is 26.0 Å². The third kappa shape index (κ3) is 7.33. The molecule has 0 aromatic heterocycles. The summed E-state index contributed by atoms with van der Waals surface area (Å²) in [6.07, 6.45) is 3.06. The molecule has 0 saturated carbocycles. The van der Waals surface area contributed by atoms with Gasteiger partial charge in [0.2, 0.25) is 5.96 Å². The molecule has 0 spiro atoms. The van der Waals surface area contributed by atoms with Crippen molar-refractivity contribution in [2.45, 2.75) is 0 Å². The number of hydrogen-bond donors (Lipinski definition) is 2. The number of ether oxygens (including phenoxy) is 2. The second-order valence-corrected chi connectivity index (χ2v) is 7.56. The number of carbonyl (C=O) groups is 1. The van der Waals surface area contributed by atoms with Gasteiger partial charge in [0.25, 0.3) is 5.91 Å². The number of benzene rings is 3. The molecule has 0 bridgehead atoms. The first-order chi connectivity index (χ1) is 16.5. The van der Waals surface area contributed by atoms with Gasteiger partial charge in [0.15, 0.2) is 0 Å². The van der Waals surface area contributed by atoms with Crippen molar-refractivity contribution in [3.63, 3.8) is 0 Å². The predicted octanol–water partition coefficient (Wildman–Crippen LogP) is 4.75. The average molecular weight is 498 g/mol. The summed E-state index contributed by atoms with van der Waals surface area (Å²) >= 11 is 11.8. The van der Waals surface area contributed by atoms with Gasteiger partial charge in [-0.1, -0.05) is 47.5 Å². The Labute approximate surface area is 206 Å². The predicted molar refractivity (Wildman–Crippen MR) is 136 cm³/mol. The number of carbonyl (C=O) groups excluding carboxylic acids is 1. The Morgan fingerprint density at radius 3 is 2.06 bits per heavy atom. The van der Waals surface area contributed by atoms with Crippen LogP contribution in [0.25, 0.3) is 0 Å². The summed E-state index contributed by atoms with van der Waals surface area (Å²) in [6.45, 7) is 0. The van der Waals surface area contributed by atoms with Crippen molar-refractivity contribution in [2.24, 2.45) is 15.3 Å². The minimum Gasteiger partial charge on any atom is -0.497 e. The van der Waals surface area contributed by atoms with E-state index >= 15 is 0 Å². The Hall–Kier alpha value is -3.88. The number of amides is 1. The number of hydrazone groups is 1. The summed E-state index contributed by atoms with van der Waals surface area (Å²) < 4.78 is 10.5. The number of nitrogens with zero attached hydrogens (tertiary/aromatic N) is 3. The zero-order valence-electron chi connectivity index (χ0n) is 18.3. The van der Waals surface area contributed by atoms with E-state index in [4.69, 9.17) is 32.7 Å². The average Bonchev–Trinajstić information content (AvgIpc) is 2.85. The normalized spacial score (nSPS) is 11.6. The van der Waals surface area contributed by atoms with Gasteiger partial charge in [0, 0.05) is 10.0 Å². The smallest absolute Gasteiger partial charge is 0.261 e. The van der Waals surface area contributed by atoms with Gasteiger partial charge in [0.05, 0.1) is 32.2 Å². The van der Waals surface area contributed by atoms with Crippen molar-refractivity contribution in [1.82, 2.24) is 10.7 Å². The van der Waals surface area contributed by atoms with Gasteiger partial charge in [-0.25, -0.2) is 5.43 Å². The maximum Gasteiger partial charge on any atom is 0.261 e. The standard InChI is InChI=1S/C24H21Cl2N5O3/c1-33-20-11-12-22(34-2)21(13-20)23(32)29-24(30-27-14-16-3-7-18(25)8-4-16)31-28-15-17-5-9-19(26)10-6-17/h3-15H,1-2H3,(H2,29,30,31,32)/b27-14+,28-15+. The van der Waals surface area contributed by atoms with E-state index in [1.165, 1.54) is 20.4 Å². The van der Waals surface area contributed by atoms with Gasteiger partial charge in [-0.15, -0.1) is 5.10 Å². The molecule has 0 aliphatic heterocycles. The van der Waals surface area contributed by atoms with Crippen molar-refractivity contribution >= 4 is 47.5 Å². The van der Waals surface area contributed by atoms with Crippen LogP contribution in [-0.4, -0.2) is 38.5 Å². The monoisotopic (exact) mass is 497 g/mol. The maximum absolute atomic E-state index is 12.9. The van der Waals surface area contributed by atoms with Crippen LogP contribution >= 0.6 is 23.2 Å². The second-order valence-electron chi connectivity index (χ2n) is 6.69. The van der Waals surface area contributed by atoms with Crippen LogP contribution in [0.15, 0.2) is 82.0 Å². The van der Waals surface area contributed by atoms with Crippen LogP contribution in [0.5, 0.6) is 11.5 Å². The zero-order valence-corrected chi connectivity index (χ0v) is 19.8. The lowest BCUT2D eigenvalue weighted by Gasteiger charge is -2.11. The molecule has 3 rings (SSSR count). The highest BCUT2D eigenvalue weighted by Crippen LogP contribution is 2.23. The molecule has 0 atom stereocenters. The molecule has 0 unspecified atom stereocenters. The Morgan fingerprint density at radius 2 is 1.47 bits per heavy atom. The minimum absolute atomic E-state index is 0.00898. The van der Waals surface area contributed by atoms with Gasteiger partial charge in [0.1, 0.15) is 11.5 Å². The van der Waals surface area contributed by atoms with Crippen molar-refractivity contribution in [1.29, 1.82) is 0 Å². The number of rotatable bonds is 7. The van der Waals surface area contributed by atoms with Gasteiger partial charge < -0.3 is 9.47 Å². The second kappa shape index (κ2) is 12.4. The van der Waals surface area contributed by atoms with Gasteiger partial charge >= 0.3 is 0 Å². The third-order valence-corrected chi connectivity index (χ3v) is 4.88. The highest BCUT2D eigenvalue weighted by molar-refractivity contribution is 6.30. The van der Waals surface area contributed by atoms with Gasteiger partial charge in [-0.3, -0.25) is 10.1 Å². The van der Waals surface area contributed by atoms with E-state index in [0.29, 0.717) is 21.5 Å². The largest absolute Gasteiger partial charge is 0.497 e. The van der Waals surface area contributed by atoms with E-state index in [1.807, 2.05) is 0 Å². The molecule has 0 aliphatic rings. The number of halogens is 2. The summed E-state index contributed by atoms with van der Waals surface area (Å²) in [6, 6.07) is 19.0. The highest BCUT2D eigenvalue weighted by atomic mass is 35.5. The minimum atomic E-state index is -0.495. The SMILES string of the molecule is COc1ccc(OC)c(C(=O)N/C(=N/N=C/c2ccc(Cl)cc2)N/N=C/c2ccc(Cl)cc2)c1. The number of hydrogen-bond acceptors (Lipinski definition) is 6. The topological polar surface area (TPSA) is 96.7 Å². The van der Waals surface area contributed by atoms with E-state index in [1.54, 1.807) is 72.9 Å². The zero-order chi connectivity index (χ0) is 24.3. The summed E-state index contributed by atoms with van der Waals surface area (Å²) in [7, 11) is 2.98. The molecule has 0 heterocycles. The first-order valence-electron chi connectivity index (χ1n) is 9.93. The molecule has 0 saturated heterocycles. The molecule has 34 heavy (non-hydrogen) atoms. The molecule has 10 heteroatoms. The quantitative estimate of drug-likeness (QED) is 0.279. The Bertz CT molecular complexity index is 1210. The number of nitrogens with one attached hydrogen (secondary N) is 2. The first-order valence-corrected chi connectivity index (χ1v) is 10.7. The van der Waals surface area contributed by atoms with E-state index in [-0.39, 0.29) is 11.5 Å². The Kier molecular flexibility index (Phi) is 9.02. The number of methoxy groups -OCH3 is 2. The van der Waals surface area contributed by atoms with Crippen molar-refractivity contribution in [3.05, 3.63) is 93.5 Å². The third-order valence-electron chi connectivity index (χ3n) is 4.37. The molecule has 0 fully saturated rings. The fourth-order valence-electron chi connectivity index (χ4n) is 2.66. The van der Waals surface area contributed by atoms with Crippen molar-refractivity contribution in [2.75, 3.05) is 14.2 Å². The Balaban J connectivity index is 1.82. The molecular weight excluding hydrogens is 477 g/mol. The summed E-state index contributed by atoms with van der Waals surface area (Å²) in [5.41, 5.74) is 4.51. The van der Waals surface area contributed by atoms with Crippen LogP contribution < -0.4 is 20.2 Å².